The lowest BCUT2D eigenvalue weighted by molar-refractivity contribution is 0.437. The van der Waals surface area contributed by atoms with Crippen LogP contribution in [0.3, 0.4) is 0 Å². The molecule has 11 aromatic rings. The molecule has 1 spiro atoms. The van der Waals surface area contributed by atoms with Crippen molar-refractivity contribution in [1.82, 2.24) is 19.9 Å². The Kier molecular flexibility index (Phi) is 8.06. The van der Waals surface area contributed by atoms with Crippen molar-refractivity contribution in [3.05, 3.63) is 241 Å². The van der Waals surface area contributed by atoms with Crippen molar-refractivity contribution in [2.75, 3.05) is 0 Å². The molecule has 1 aliphatic carbocycles. The van der Waals surface area contributed by atoms with E-state index in [4.69, 9.17) is 24.7 Å². The highest BCUT2D eigenvalue weighted by Crippen LogP contribution is 2.62. The van der Waals surface area contributed by atoms with Crippen LogP contribution in [0.1, 0.15) is 22.3 Å². The topological polar surface area (TPSA) is 60.8 Å². The van der Waals surface area contributed by atoms with E-state index in [1.54, 1.807) is 0 Å². The number of aromatic nitrogens is 4. The molecule has 13 rings (SSSR count). The van der Waals surface area contributed by atoms with Crippen LogP contribution in [0.5, 0.6) is 11.5 Å². The zero-order valence-corrected chi connectivity index (χ0v) is 34.5. The molecule has 0 fully saturated rings. The second-order valence-corrected chi connectivity index (χ2v) is 16.5. The lowest BCUT2D eigenvalue weighted by atomic mass is 9.65. The number of hydrogen-bond acceptors (Lipinski definition) is 5. The highest BCUT2D eigenvalue weighted by atomic mass is 16.5. The molecular formula is C59H36N4O. The SMILES string of the molecule is c1ccc(-c2nc(-c3ccccc3)nc(-c3ccc(-c4ccc5nc(-c6ccccc6)c6cc7c(cc6c5c4)Oc4ccccc4C74c5ccccc5-c5ccccc54)cc3)n2)cc1. The fourth-order valence-electron chi connectivity index (χ4n) is 10.1. The van der Waals surface area contributed by atoms with Gasteiger partial charge < -0.3 is 4.74 Å². The van der Waals surface area contributed by atoms with E-state index in [9.17, 15) is 0 Å². The van der Waals surface area contributed by atoms with Gasteiger partial charge in [0, 0.05) is 44.2 Å². The predicted octanol–water partition coefficient (Wildman–Crippen LogP) is 14.4. The van der Waals surface area contributed by atoms with Crippen LogP contribution in [0.25, 0.3) is 89.4 Å². The minimum Gasteiger partial charge on any atom is -0.457 e. The Morgan fingerprint density at radius 3 is 1.39 bits per heavy atom. The average Bonchev–Trinajstić information content (AvgIpc) is 3.67. The van der Waals surface area contributed by atoms with Crippen LogP contribution >= 0.6 is 0 Å². The summed E-state index contributed by atoms with van der Waals surface area (Å²) in [6, 6.07) is 76.7. The van der Waals surface area contributed by atoms with Crippen LogP contribution in [-0.2, 0) is 5.41 Å². The van der Waals surface area contributed by atoms with Crippen molar-refractivity contribution in [3.8, 4) is 79.2 Å². The molecule has 64 heavy (non-hydrogen) atoms. The van der Waals surface area contributed by atoms with E-state index in [0.717, 1.165) is 83.4 Å². The quantitative estimate of drug-likeness (QED) is 0.162. The number of rotatable bonds is 5. The molecule has 0 amide bonds. The van der Waals surface area contributed by atoms with E-state index in [0.29, 0.717) is 17.5 Å². The minimum absolute atomic E-state index is 0.583. The summed E-state index contributed by atoms with van der Waals surface area (Å²) >= 11 is 0. The van der Waals surface area contributed by atoms with Gasteiger partial charge in [-0.1, -0.05) is 188 Å². The third-order valence-corrected chi connectivity index (χ3v) is 13.0. The fraction of sp³-hybridized carbons (Fsp3) is 0.0169. The average molecular weight is 817 g/mol. The van der Waals surface area contributed by atoms with Gasteiger partial charge in [-0.15, -0.1) is 0 Å². The summed E-state index contributed by atoms with van der Waals surface area (Å²) in [5.74, 6) is 3.62. The van der Waals surface area contributed by atoms with Crippen molar-refractivity contribution in [3.63, 3.8) is 0 Å². The second kappa shape index (κ2) is 14.3. The van der Waals surface area contributed by atoms with Gasteiger partial charge in [0.05, 0.1) is 16.6 Å². The van der Waals surface area contributed by atoms with Crippen LogP contribution < -0.4 is 4.74 Å². The maximum absolute atomic E-state index is 7.00. The van der Waals surface area contributed by atoms with E-state index in [1.165, 1.54) is 22.3 Å². The maximum Gasteiger partial charge on any atom is 0.164 e. The molecule has 2 aliphatic rings. The molecule has 5 nitrogen and oxygen atoms in total. The lowest BCUT2D eigenvalue weighted by Gasteiger charge is -2.39. The molecule has 0 bridgehead atoms. The number of para-hydroxylation sites is 1. The lowest BCUT2D eigenvalue weighted by Crippen LogP contribution is -2.32. The molecule has 0 N–H and O–H groups in total. The highest BCUT2D eigenvalue weighted by Gasteiger charge is 2.51. The van der Waals surface area contributed by atoms with Gasteiger partial charge in [0.15, 0.2) is 17.5 Å². The van der Waals surface area contributed by atoms with E-state index in [2.05, 4.69) is 158 Å². The molecule has 0 atom stereocenters. The van der Waals surface area contributed by atoms with E-state index in [-0.39, 0.29) is 0 Å². The molecule has 0 saturated heterocycles. The first-order valence-electron chi connectivity index (χ1n) is 21.6. The smallest absolute Gasteiger partial charge is 0.164 e. The monoisotopic (exact) mass is 816 g/mol. The first kappa shape index (κ1) is 36.1. The Balaban J connectivity index is 0.991. The van der Waals surface area contributed by atoms with Gasteiger partial charge in [0.25, 0.3) is 0 Å². The zero-order chi connectivity index (χ0) is 42.2. The Labute approximate surface area is 370 Å². The van der Waals surface area contributed by atoms with Gasteiger partial charge in [0.2, 0.25) is 0 Å². The molecule has 9 aromatic carbocycles. The molecule has 298 valence electrons. The van der Waals surface area contributed by atoms with Gasteiger partial charge >= 0.3 is 0 Å². The molecule has 1 aliphatic heterocycles. The molecular weight excluding hydrogens is 781 g/mol. The normalized spacial score (nSPS) is 12.9. The van der Waals surface area contributed by atoms with E-state index < -0.39 is 5.41 Å². The minimum atomic E-state index is -0.583. The summed E-state index contributed by atoms with van der Waals surface area (Å²) in [5.41, 5.74) is 14.6. The van der Waals surface area contributed by atoms with Gasteiger partial charge in [-0.05, 0) is 69.1 Å². The second-order valence-electron chi connectivity index (χ2n) is 16.5. The Morgan fingerprint density at radius 2 is 0.781 bits per heavy atom. The number of pyridine rings is 1. The molecule has 0 unspecified atom stereocenters. The summed E-state index contributed by atoms with van der Waals surface area (Å²) in [6.45, 7) is 0. The first-order chi connectivity index (χ1) is 31.7. The van der Waals surface area contributed by atoms with Crippen LogP contribution in [0.2, 0.25) is 0 Å². The zero-order valence-electron chi connectivity index (χ0n) is 34.5. The number of benzene rings is 9. The van der Waals surface area contributed by atoms with Crippen molar-refractivity contribution >= 4 is 21.7 Å². The Morgan fingerprint density at radius 1 is 0.297 bits per heavy atom. The molecule has 5 heteroatoms. The summed E-state index contributed by atoms with van der Waals surface area (Å²) < 4.78 is 7.00. The van der Waals surface area contributed by atoms with Crippen LogP contribution in [0.4, 0.5) is 0 Å². The Bertz CT molecular complexity index is 3520. The highest BCUT2D eigenvalue weighted by molar-refractivity contribution is 6.13. The van der Waals surface area contributed by atoms with Gasteiger partial charge in [-0.25, -0.2) is 19.9 Å². The third-order valence-electron chi connectivity index (χ3n) is 13.0. The Hall–Kier alpha value is -8.54. The van der Waals surface area contributed by atoms with Crippen LogP contribution in [-0.4, -0.2) is 19.9 Å². The number of ether oxygens (including phenoxy) is 1. The fourth-order valence-corrected chi connectivity index (χ4v) is 10.1. The molecule has 0 radical (unpaired) electrons. The van der Waals surface area contributed by atoms with Crippen molar-refractivity contribution in [1.29, 1.82) is 0 Å². The van der Waals surface area contributed by atoms with Crippen LogP contribution in [0.15, 0.2) is 218 Å². The number of nitrogens with zero attached hydrogens (tertiary/aromatic N) is 4. The largest absolute Gasteiger partial charge is 0.457 e. The predicted molar refractivity (Wildman–Crippen MR) is 257 cm³/mol. The van der Waals surface area contributed by atoms with E-state index >= 15 is 0 Å². The first-order valence-corrected chi connectivity index (χ1v) is 21.6. The number of hydrogen-bond donors (Lipinski definition) is 0. The van der Waals surface area contributed by atoms with Gasteiger partial charge in [-0.3, -0.25) is 0 Å². The molecule has 3 heterocycles. The summed E-state index contributed by atoms with van der Waals surface area (Å²) in [5, 5.41) is 3.22. The maximum atomic E-state index is 7.00. The summed E-state index contributed by atoms with van der Waals surface area (Å²) in [6.07, 6.45) is 0. The van der Waals surface area contributed by atoms with Crippen molar-refractivity contribution in [2.45, 2.75) is 5.41 Å². The van der Waals surface area contributed by atoms with Gasteiger partial charge in [0.1, 0.15) is 11.5 Å². The standard InChI is InChI=1S/C59H36N4O/c1-4-16-38(17-5-1)55-47-35-51-54(64-53-27-15-14-26-50(53)59(51)48-24-12-10-22-43(48)44-23-11-13-25-49(44)59)36-45(47)46-34-42(32-33-52(46)60-55)37-28-30-41(31-29-37)58-62-56(39-18-6-2-7-19-39)61-57(63-58)40-20-8-3-9-21-40/h1-36H. The summed E-state index contributed by atoms with van der Waals surface area (Å²) in [7, 11) is 0. The summed E-state index contributed by atoms with van der Waals surface area (Å²) in [4.78, 5) is 20.3. The molecule has 2 aromatic heterocycles. The number of fused-ring (bicyclic) bond motifs is 12. The van der Waals surface area contributed by atoms with E-state index in [1.807, 2.05) is 60.7 Å². The molecule has 0 saturated carbocycles. The third kappa shape index (κ3) is 5.51. The van der Waals surface area contributed by atoms with Crippen molar-refractivity contribution in [2.24, 2.45) is 0 Å². The van der Waals surface area contributed by atoms with Crippen LogP contribution in [0, 0.1) is 0 Å². The van der Waals surface area contributed by atoms with Gasteiger partial charge in [-0.2, -0.15) is 0 Å². The van der Waals surface area contributed by atoms with Crippen molar-refractivity contribution < 1.29 is 4.74 Å².